The zero-order valence-electron chi connectivity index (χ0n) is 14.1. The number of carbonyl (C=O) groups is 3. The molecule has 0 N–H and O–H groups in total. The van der Waals surface area contributed by atoms with E-state index < -0.39 is 0 Å². The quantitative estimate of drug-likeness (QED) is 0.589. The van der Waals surface area contributed by atoms with Crippen molar-refractivity contribution in [3.63, 3.8) is 0 Å². The van der Waals surface area contributed by atoms with E-state index >= 15 is 0 Å². The number of rotatable bonds is 1. The molecular formula is C18H23NO4. The molecule has 1 aliphatic heterocycles. The maximum atomic E-state index is 11.9. The second-order valence-corrected chi connectivity index (χ2v) is 6.82. The first-order chi connectivity index (χ1) is 10.7. The lowest BCUT2D eigenvalue weighted by molar-refractivity contribution is -0.151. The van der Waals surface area contributed by atoms with Crippen molar-refractivity contribution in [1.29, 1.82) is 0 Å². The minimum Gasteiger partial charge on any atom is -0.460 e. The highest BCUT2D eigenvalue weighted by atomic mass is 16.6. The molecule has 2 aliphatic rings. The largest absolute Gasteiger partial charge is 0.460 e. The number of benzene rings is 1. The average molecular weight is 317 g/mol. The number of hydrogen-bond acceptors (Lipinski definition) is 4. The van der Waals surface area contributed by atoms with Gasteiger partial charge in [0.1, 0.15) is 5.60 Å². The molecule has 0 bridgehead atoms. The molecule has 0 unspecified atom stereocenters. The van der Waals surface area contributed by atoms with Crippen LogP contribution < -0.4 is 0 Å². The van der Waals surface area contributed by atoms with Crippen molar-refractivity contribution in [2.45, 2.75) is 58.6 Å². The predicted octanol–water partition coefficient (Wildman–Crippen LogP) is 3.18. The van der Waals surface area contributed by atoms with Gasteiger partial charge in [0.25, 0.3) is 11.8 Å². The summed E-state index contributed by atoms with van der Waals surface area (Å²) in [5.41, 5.74) is 0.801. The summed E-state index contributed by atoms with van der Waals surface area (Å²) in [7, 11) is 0. The zero-order valence-corrected chi connectivity index (χ0v) is 14.1. The van der Waals surface area contributed by atoms with Crippen LogP contribution in [-0.2, 0) is 9.53 Å². The summed E-state index contributed by atoms with van der Waals surface area (Å²) in [5.74, 6) is -0.446. The van der Waals surface area contributed by atoms with E-state index in [9.17, 15) is 14.4 Å². The number of nitrogens with zero attached hydrogens (tertiary/aromatic N) is 1. The molecule has 1 heterocycles. The van der Waals surface area contributed by atoms with Gasteiger partial charge in [-0.2, -0.15) is 0 Å². The smallest absolute Gasteiger partial charge is 0.303 e. The molecule has 1 aromatic carbocycles. The third-order valence-electron chi connectivity index (χ3n) is 3.72. The van der Waals surface area contributed by atoms with Gasteiger partial charge in [0.05, 0.1) is 11.1 Å². The van der Waals surface area contributed by atoms with Crippen LogP contribution in [0.4, 0.5) is 0 Å². The van der Waals surface area contributed by atoms with Crippen molar-refractivity contribution in [3.05, 3.63) is 35.4 Å². The normalized spacial score (nSPS) is 17.1. The lowest BCUT2D eigenvalue weighted by Gasteiger charge is -2.32. The van der Waals surface area contributed by atoms with Crippen LogP contribution in [-0.4, -0.2) is 34.3 Å². The van der Waals surface area contributed by atoms with Crippen molar-refractivity contribution >= 4 is 17.8 Å². The number of imide groups is 1. The SMILES string of the molecule is CC(=O)OC(C)(C)C.O=C1c2ccccc2C(=O)N1C1CCC1. The third kappa shape index (κ3) is 3.97. The second-order valence-electron chi connectivity index (χ2n) is 6.82. The Hall–Kier alpha value is -2.17. The van der Waals surface area contributed by atoms with E-state index in [1.165, 1.54) is 11.8 Å². The Bertz CT molecular complexity index is 591. The fourth-order valence-corrected chi connectivity index (χ4v) is 2.62. The van der Waals surface area contributed by atoms with Gasteiger partial charge in [-0.05, 0) is 52.2 Å². The Morgan fingerprint density at radius 3 is 1.83 bits per heavy atom. The van der Waals surface area contributed by atoms with E-state index in [0.29, 0.717) is 11.1 Å². The fourth-order valence-electron chi connectivity index (χ4n) is 2.62. The van der Waals surface area contributed by atoms with Gasteiger partial charge in [0, 0.05) is 13.0 Å². The van der Waals surface area contributed by atoms with Crippen molar-refractivity contribution in [3.8, 4) is 0 Å². The van der Waals surface area contributed by atoms with Crippen LogP contribution in [0.5, 0.6) is 0 Å². The predicted molar refractivity (Wildman–Crippen MR) is 86.1 cm³/mol. The summed E-state index contributed by atoms with van der Waals surface area (Å²) in [6, 6.07) is 7.21. The molecule has 0 saturated heterocycles. The zero-order chi connectivity index (χ0) is 17.2. The summed E-state index contributed by atoms with van der Waals surface area (Å²) in [6.07, 6.45) is 3.05. The van der Waals surface area contributed by atoms with Gasteiger partial charge in [-0.15, -0.1) is 0 Å². The van der Waals surface area contributed by atoms with E-state index in [1.54, 1.807) is 24.3 Å². The molecule has 1 aromatic rings. The average Bonchev–Trinajstić information content (AvgIpc) is 2.61. The molecule has 0 spiro atoms. The van der Waals surface area contributed by atoms with Crippen LogP contribution in [0.3, 0.4) is 0 Å². The van der Waals surface area contributed by atoms with Crippen LogP contribution in [0.15, 0.2) is 24.3 Å². The van der Waals surface area contributed by atoms with Gasteiger partial charge >= 0.3 is 5.97 Å². The topological polar surface area (TPSA) is 63.7 Å². The lowest BCUT2D eigenvalue weighted by Crippen LogP contribution is -2.43. The van der Waals surface area contributed by atoms with E-state index in [1.807, 2.05) is 20.8 Å². The number of hydrogen-bond donors (Lipinski definition) is 0. The van der Waals surface area contributed by atoms with E-state index in [4.69, 9.17) is 4.74 Å². The Kier molecular flexibility index (Phi) is 4.88. The van der Waals surface area contributed by atoms with Crippen molar-refractivity contribution in [2.75, 3.05) is 0 Å². The van der Waals surface area contributed by atoms with Gasteiger partial charge in [-0.25, -0.2) is 0 Å². The fraction of sp³-hybridized carbons (Fsp3) is 0.500. The molecule has 0 atom stereocenters. The number of esters is 1. The lowest BCUT2D eigenvalue weighted by atomic mass is 9.91. The molecule has 0 aromatic heterocycles. The number of amides is 2. The second kappa shape index (κ2) is 6.52. The first kappa shape index (κ1) is 17.2. The maximum absolute atomic E-state index is 11.9. The van der Waals surface area contributed by atoms with Gasteiger partial charge in [-0.1, -0.05) is 12.1 Å². The van der Waals surface area contributed by atoms with E-state index in [2.05, 4.69) is 0 Å². The summed E-state index contributed by atoms with van der Waals surface area (Å²) in [4.78, 5) is 35.6. The molecule has 5 nitrogen and oxygen atoms in total. The van der Waals surface area contributed by atoms with Gasteiger partial charge < -0.3 is 4.74 Å². The maximum Gasteiger partial charge on any atom is 0.303 e. The molecule has 23 heavy (non-hydrogen) atoms. The van der Waals surface area contributed by atoms with Crippen molar-refractivity contribution in [2.24, 2.45) is 0 Å². The van der Waals surface area contributed by atoms with Crippen molar-refractivity contribution < 1.29 is 19.1 Å². The first-order valence-corrected chi connectivity index (χ1v) is 7.87. The summed E-state index contributed by atoms with van der Waals surface area (Å²) in [5, 5.41) is 0. The molecule has 0 radical (unpaired) electrons. The molecule has 1 fully saturated rings. The Morgan fingerprint density at radius 2 is 1.57 bits per heavy atom. The van der Waals surface area contributed by atoms with Crippen LogP contribution in [0.2, 0.25) is 0 Å². The minimum absolute atomic E-state index is 0.111. The van der Waals surface area contributed by atoms with Crippen molar-refractivity contribution in [1.82, 2.24) is 4.90 Å². The molecule has 3 rings (SSSR count). The summed E-state index contributed by atoms with van der Waals surface area (Å²) >= 11 is 0. The highest BCUT2D eigenvalue weighted by molar-refractivity contribution is 6.21. The van der Waals surface area contributed by atoms with Gasteiger partial charge in [0.15, 0.2) is 0 Å². The van der Waals surface area contributed by atoms with Gasteiger partial charge in [-0.3, -0.25) is 19.3 Å². The standard InChI is InChI=1S/C12H11NO2.C6H12O2/c14-11-9-6-1-2-7-10(9)12(15)13(11)8-4-3-5-8;1-5(7)8-6(2,3)4/h1-2,6-8H,3-5H2;1-4H3. The van der Waals surface area contributed by atoms with E-state index in [-0.39, 0.29) is 29.4 Å². The Labute approximate surface area is 136 Å². The van der Waals surface area contributed by atoms with Crippen LogP contribution in [0.25, 0.3) is 0 Å². The Morgan fingerprint density at radius 1 is 1.09 bits per heavy atom. The molecule has 2 amide bonds. The minimum atomic E-state index is -0.328. The highest BCUT2D eigenvalue weighted by Crippen LogP contribution is 2.32. The molecule has 1 aliphatic carbocycles. The van der Waals surface area contributed by atoms with Crippen LogP contribution in [0, 0.1) is 0 Å². The summed E-state index contributed by atoms with van der Waals surface area (Å²) in [6.45, 7) is 6.93. The molecule has 1 saturated carbocycles. The molecular weight excluding hydrogens is 294 g/mol. The van der Waals surface area contributed by atoms with Crippen LogP contribution >= 0.6 is 0 Å². The van der Waals surface area contributed by atoms with E-state index in [0.717, 1.165) is 19.3 Å². The monoisotopic (exact) mass is 317 g/mol. The van der Waals surface area contributed by atoms with Gasteiger partial charge in [0.2, 0.25) is 0 Å². The summed E-state index contributed by atoms with van der Waals surface area (Å²) < 4.78 is 4.80. The first-order valence-electron chi connectivity index (χ1n) is 7.87. The Balaban J connectivity index is 0.000000207. The molecule has 124 valence electrons. The number of fused-ring (bicyclic) bond motifs is 1. The number of carbonyl (C=O) groups excluding carboxylic acids is 3. The molecule has 5 heteroatoms. The third-order valence-corrected chi connectivity index (χ3v) is 3.72. The van der Waals surface area contributed by atoms with Crippen LogP contribution in [0.1, 0.15) is 67.7 Å². The highest BCUT2D eigenvalue weighted by Gasteiger charge is 2.41. The number of ether oxygens (including phenoxy) is 1.